The minimum absolute atomic E-state index is 0.128. The van der Waals surface area contributed by atoms with E-state index < -0.39 is 36.0 Å². The van der Waals surface area contributed by atoms with Crippen LogP contribution in [0.2, 0.25) is 0 Å². The summed E-state index contributed by atoms with van der Waals surface area (Å²) in [4.78, 5) is 38.0. The number of anilines is 1. The third kappa shape index (κ3) is 6.47. The first-order valence-electron chi connectivity index (χ1n) is 9.86. The van der Waals surface area contributed by atoms with Crippen LogP contribution >= 0.6 is 0 Å². The highest BCUT2D eigenvalue weighted by atomic mass is 19.1. The predicted octanol–water partition coefficient (Wildman–Crippen LogP) is 3.40. The molecule has 0 saturated carbocycles. The number of likely N-dealkylation sites (tertiary alicyclic amines) is 1. The van der Waals surface area contributed by atoms with Crippen LogP contribution in [0.5, 0.6) is 0 Å². The van der Waals surface area contributed by atoms with Crippen molar-refractivity contribution in [3.63, 3.8) is 0 Å². The SMILES string of the molecule is O=C(COC(=O)C1CCN(C(=O)/C=C/c2ccccc2)CC1)Nc1ccc(F)cc1F. The summed E-state index contributed by atoms with van der Waals surface area (Å²) >= 11 is 0. The molecule has 3 rings (SSSR count). The fourth-order valence-corrected chi connectivity index (χ4v) is 3.20. The van der Waals surface area contributed by atoms with Gasteiger partial charge in [-0.2, -0.15) is 0 Å². The van der Waals surface area contributed by atoms with Crippen molar-refractivity contribution >= 4 is 29.5 Å². The molecule has 0 bridgehead atoms. The van der Waals surface area contributed by atoms with E-state index in [-0.39, 0.29) is 11.6 Å². The fourth-order valence-electron chi connectivity index (χ4n) is 3.20. The van der Waals surface area contributed by atoms with Gasteiger partial charge in [0.25, 0.3) is 5.91 Å². The second-order valence-electron chi connectivity index (χ2n) is 7.12. The van der Waals surface area contributed by atoms with Crippen LogP contribution in [0.4, 0.5) is 14.5 Å². The molecule has 6 nitrogen and oxygen atoms in total. The maximum Gasteiger partial charge on any atom is 0.309 e. The van der Waals surface area contributed by atoms with Crippen LogP contribution in [0.15, 0.2) is 54.6 Å². The lowest BCUT2D eigenvalue weighted by molar-refractivity contribution is -0.153. The topological polar surface area (TPSA) is 75.7 Å². The Kier molecular flexibility index (Phi) is 7.48. The average molecular weight is 428 g/mol. The zero-order valence-electron chi connectivity index (χ0n) is 16.7. The van der Waals surface area contributed by atoms with Crippen molar-refractivity contribution in [1.29, 1.82) is 0 Å². The van der Waals surface area contributed by atoms with E-state index in [0.29, 0.717) is 32.0 Å². The van der Waals surface area contributed by atoms with Gasteiger partial charge >= 0.3 is 5.97 Å². The van der Waals surface area contributed by atoms with Gasteiger partial charge in [0.05, 0.1) is 11.6 Å². The van der Waals surface area contributed by atoms with E-state index in [1.807, 2.05) is 30.3 Å². The zero-order valence-corrected chi connectivity index (χ0v) is 16.7. The summed E-state index contributed by atoms with van der Waals surface area (Å²) in [6, 6.07) is 12.2. The molecule has 0 aliphatic carbocycles. The number of piperidine rings is 1. The Morgan fingerprint density at radius 3 is 2.45 bits per heavy atom. The quantitative estimate of drug-likeness (QED) is 0.565. The van der Waals surface area contributed by atoms with E-state index in [2.05, 4.69) is 5.32 Å². The summed E-state index contributed by atoms with van der Waals surface area (Å²) in [6.07, 6.45) is 4.11. The number of nitrogens with one attached hydrogen (secondary N) is 1. The molecule has 1 fully saturated rings. The Labute approximate surface area is 178 Å². The number of carbonyl (C=O) groups is 3. The lowest BCUT2D eigenvalue weighted by atomic mass is 9.97. The first-order chi connectivity index (χ1) is 14.9. The number of benzene rings is 2. The van der Waals surface area contributed by atoms with E-state index in [0.717, 1.165) is 17.7 Å². The summed E-state index contributed by atoms with van der Waals surface area (Å²) in [5.41, 5.74) is 0.728. The Hall–Kier alpha value is -3.55. The number of halogens is 2. The van der Waals surface area contributed by atoms with Gasteiger partial charge in [0.1, 0.15) is 11.6 Å². The summed E-state index contributed by atoms with van der Waals surface area (Å²) in [5, 5.41) is 2.23. The van der Waals surface area contributed by atoms with Crippen molar-refractivity contribution in [3.8, 4) is 0 Å². The molecule has 1 heterocycles. The average Bonchev–Trinajstić information content (AvgIpc) is 2.78. The van der Waals surface area contributed by atoms with Crippen LogP contribution in [0, 0.1) is 17.6 Å². The first kappa shape index (κ1) is 22.1. The largest absolute Gasteiger partial charge is 0.455 e. The van der Waals surface area contributed by atoms with Crippen LogP contribution < -0.4 is 5.32 Å². The molecule has 31 heavy (non-hydrogen) atoms. The van der Waals surface area contributed by atoms with Crippen LogP contribution in [0.25, 0.3) is 6.08 Å². The van der Waals surface area contributed by atoms with Crippen LogP contribution in [-0.2, 0) is 19.1 Å². The maximum atomic E-state index is 13.6. The molecule has 2 aromatic rings. The number of esters is 1. The zero-order chi connectivity index (χ0) is 22.2. The minimum Gasteiger partial charge on any atom is -0.455 e. The number of nitrogens with zero attached hydrogens (tertiary/aromatic N) is 1. The smallest absolute Gasteiger partial charge is 0.309 e. The van der Waals surface area contributed by atoms with Crippen molar-refractivity contribution in [2.24, 2.45) is 5.92 Å². The molecule has 1 saturated heterocycles. The molecule has 0 aromatic heterocycles. The van der Waals surface area contributed by atoms with Gasteiger partial charge in [-0.05, 0) is 36.6 Å². The van der Waals surface area contributed by atoms with Gasteiger partial charge in [-0.3, -0.25) is 14.4 Å². The number of rotatable bonds is 6. The number of hydrogen-bond donors (Lipinski definition) is 1. The molecular weight excluding hydrogens is 406 g/mol. The number of ether oxygens (including phenoxy) is 1. The summed E-state index contributed by atoms with van der Waals surface area (Å²) in [6.45, 7) is 0.240. The first-order valence-corrected chi connectivity index (χ1v) is 9.86. The summed E-state index contributed by atoms with van der Waals surface area (Å²) in [7, 11) is 0. The number of hydrogen-bond acceptors (Lipinski definition) is 4. The normalized spacial score (nSPS) is 14.5. The molecule has 0 radical (unpaired) electrons. The van der Waals surface area contributed by atoms with Gasteiger partial charge in [-0.25, -0.2) is 8.78 Å². The molecule has 2 aromatic carbocycles. The van der Waals surface area contributed by atoms with Gasteiger partial charge in [0.15, 0.2) is 6.61 Å². The van der Waals surface area contributed by atoms with E-state index in [4.69, 9.17) is 4.74 Å². The molecule has 0 spiro atoms. The van der Waals surface area contributed by atoms with E-state index >= 15 is 0 Å². The highest BCUT2D eigenvalue weighted by Gasteiger charge is 2.28. The Balaban J connectivity index is 1.41. The van der Waals surface area contributed by atoms with E-state index in [1.54, 1.807) is 11.0 Å². The van der Waals surface area contributed by atoms with Gasteiger partial charge in [-0.15, -0.1) is 0 Å². The van der Waals surface area contributed by atoms with Gasteiger partial charge < -0.3 is 15.0 Å². The Morgan fingerprint density at radius 2 is 1.77 bits per heavy atom. The fraction of sp³-hybridized carbons (Fsp3) is 0.261. The summed E-state index contributed by atoms with van der Waals surface area (Å²) < 4.78 is 31.5. The molecule has 2 amide bonds. The highest BCUT2D eigenvalue weighted by molar-refractivity contribution is 5.93. The van der Waals surface area contributed by atoms with E-state index in [9.17, 15) is 23.2 Å². The van der Waals surface area contributed by atoms with Crippen molar-refractivity contribution in [1.82, 2.24) is 4.90 Å². The second kappa shape index (κ2) is 10.5. The monoisotopic (exact) mass is 428 g/mol. The Morgan fingerprint density at radius 1 is 1.06 bits per heavy atom. The van der Waals surface area contributed by atoms with E-state index in [1.165, 1.54) is 6.08 Å². The molecule has 1 N–H and O–H groups in total. The molecule has 8 heteroatoms. The standard InChI is InChI=1S/C23H22F2N2O4/c24-18-7-8-20(19(25)14-18)26-21(28)15-31-23(30)17-10-12-27(13-11-17)22(29)9-6-16-4-2-1-3-5-16/h1-9,14,17H,10-13,15H2,(H,26,28)/b9-6+. The molecule has 162 valence electrons. The molecule has 0 atom stereocenters. The minimum atomic E-state index is -0.918. The summed E-state index contributed by atoms with van der Waals surface area (Å²) in [5.74, 6) is -3.49. The number of carbonyl (C=O) groups excluding carboxylic acids is 3. The highest BCUT2D eigenvalue weighted by Crippen LogP contribution is 2.19. The van der Waals surface area contributed by atoms with Crippen LogP contribution in [0.1, 0.15) is 18.4 Å². The second-order valence-corrected chi connectivity index (χ2v) is 7.12. The van der Waals surface area contributed by atoms with Crippen molar-refractivity contribution in [3.05, 3.63) is 71.8 Å². The van der Waals surface area contributed by atoms with Gasteiger partial charge in [-0.1, -0.05) is 30.3 Å². The molecule has 0 unspecified atom stereocenters. The molecule has 1 aliphatic heterocycles. The molecule has 1 aliphatic rings. The van der Waals surface area contributed by atoms with Gasteiger partial charge in [0, 0.05) is 25.2 Å². The van der Waals surface area contributed by atoms with Gasteiger partial charge in [0.2, 0.25) is 5.91 Å². The van der Waals surface area contributed by atoms with Crippen molar-refractivity contribution < 1.29 is 27.9 Å². The maximum absolute atomic E-state index is 13.6. The predicted molar refractivity (Wildman–Crippen MR) is 111 cm³/mol. The third-order valence-corrected chi connectivity index (χ3v) is 4.91. The Bertz CT molecular complexity index is 971. The number of amides is 2. The van der Waals surface area contributed by atoms with Crippen LogP contribution in [0.3, 0.4) is 0 Å². The molecular formula is C23H22F2N2O4. The lowest BCUT2D eigenvalue weighted by Crippen LogP contribution is -2.40. The van der Waals surface area contributed by atoms with Crippen molar-refractivity contribution in [2.45, 2.75) is 12.8 Å². The lowest BCUT2D eigenvalue weighted by Gasteiger charge is -2.30. The third-order valence-electron chi connectivity index (χ3n) is 4.91. The van der Waals surface area contributed by atoms with Crippen molar-refractivity contribution in [2.75, 3.05) is 25.0 Å². The van der Waals surface area contributed by atoms with Crippen LogP contribution in [-0.4, -0.2) is 42.4 Å².